The Bertz CT molecular complexity index is 789. The second-order valence-electron chi connectivity index (χ2n) is 6.45. The first-order chi connectivity index (χ1) is 12.3. The number of pyridine rings is 1. The van der Waals surface area contributed by atoms with E-state index in [4.69, 9.17) is 16.4 Å². The smallest absolute Gasteiger partial charge is 0.437 e. The Labute approximate surface area is 161 Å². The van der Waals surface area contributed by atoms with Crippen molar-refractivity contribution in [3.63, 3.8) is 0 Å². The maximum absolute atomic E-state index is 11.9. The van der Waals surface area contributed by atoms with Gasteiger partial charge in [0.2, 0.25) is 0 Å². The molecule has 26 heavy (non-hydrogen) atoms. The SMILES string of the molecule is CC(C)(C)/C(CSc1cccc[n+]1[O-])=N/OC(=O)Nc1ccc(Cl)cc1. The van der Waals surface area contributed by atoms with Crippen LogP contribution in [-0.4, -0.2) is 17.6 Å². The zero-order chi connectivity index (χ0) is 19.2. The predicted molar refractivity (Wildman–Crippen MR) is 105 cm³/mol. The molecule has 0 aliphatic rings. The Kier molecular flexibility index (Phi) is 6.88. The lowest BCUT2D eigenvalue weighted by atomic mass is 9.91. The van der Waals surface area contributed by atoms with Gasteiger partial charge in [-0.25, -0.2) is 4.79 Å². The highest BCUT2D eigenvalue weighted by Gasteiger charge is 2.22. The molecule has 2 rings (SSSR count). The molecule has 0 bridgehead atoms. The van der Waals surface area contributed by atoms with Crippen molar-refractivity contribution >= 4 is 40.9 Å². The normalized spacial score (nSPS) is 11.9. The molecule has 138 valence electrons. The summed E-state index contributed by atoms with van der Waals surface area (Å²) in [6.45, 7) is 5.88. The average Bonchev–Trinajstić information content (AvgIpc) is 2.57. The van der Waals surface area contributed by atoms with E-state index in [1.165, 1.54) is 18.0 Å². The molecule has 0 saturated heterocycles. The second-order valence-corrected chi connectivity index (χ2v) is 7.88. The van der Waals surface area contributed by atoms with E-state index in [1.807, 2.05) is 20.8 Å². The lowest BCUT2D eigenvalue weighted by Crippen LogP contribution is -2.29. The number of anilines is 1. The predicted octanol–water partition coefficient (Wildman–Crippen LogP) is 4.72. The molecule has 1 aromatic heterocycles. The number of halogens is 1. The van der Waals surface area contributed by atoms with Crippen molar-refractivity contribution in [1.29, 1.82) is 0 Å². The topological polar surface area (TPSA) is 77.6 Å². The Morgan fingerprint density at radius 1 is 1.27 bits per heavy atom. The highest BCUT2D eigenvalue weighted by Crippen LogP contribution is 2.23. The Hall–Kier alpha value is -2.25. The van der Waals surface area contributed by atoms with Gasteiger partial charge in [-0.1, -0.05) is 37.5 Å². The Morgan fingerprint density at radius 2 is 1.96 bits per heavy atom. The first-order valence-electron chi connectivity index (χ1n) is 7.87. The van der Waals surface area contributed by atoms with E-state index in [-0.39, 0.29) is 5.41 Å². The highest BCUT2D eigenvalue weighted by atomic mass is 35.5. The van der Waals surface area contributed by atoms with Gasteiger partial charge in [0.05, 0.1) is 5.71 Å². The summed E-state index contributed by atoms with van der Waals surface area (Å²) >= 11 is 7.14. The van der Waals surface area contributed by atoms with E-state index in [0.717, 1.165) is 4.73 Å². The highest BCUT2D eigenvalue weighted by molar-refractivity contribution is 7.99. The van der Waals surface area contributed by atoms with E-state index in [2.05, 4.69) is 10.5 Å². The molecule has 0 spiro atoms. The Morgan fingerprint density at radius 3 is 2.58 bits per heavy atom. The molecule has 1 N–H and O–H groups in total. The van der Waals surface area contributed by atoms with Crippen LogP contribution >= 0.6 is 23.4 Å². The van der Waals surface area contributed by atoms with Crippen molar-refractivity contribution in [2.24, 2.45) is 10.6 Å². The molecule has 0 atom stereocenters. The third-order valence-electron chi connectivity index (χ3n) is 3.34. The lowest BCUT2D eigenvalue weighted by Gasteiger charge is -2.20. The van der Waals surface area contributed by atoms with Crippen LogP contribution in [0.4, 0.5) is 10.5 Å². The van der Waals surface area contributed by atoms with Crippen LogP contribution in [0.2, 0.25) is 5.02 Å². The van der Waals surface area contributed by atoms with Gasteiger partial charge in [-0.05, 0) is 42.1 Å². The standard InChI is InChI=1S/C18H20ClN3O3S/c1-18(2,3)15(12-26-16-6-4-5-11-22(16)24)21-25-17(23)20-14-9-7-13(19)8-10-14/h4-11H,12H2,1-3H3,(H,20,23)/b21-15+. The molecular weight excluding hydrogens is 374 g/mol. The van der Waals surface area contributed by atoms with Crippen molar-refractivity contribution in [2.45, 2.75) is 25.8 Å². The molecular formula is C18H20ClN3O3S. The fourth-order valence-electron chi connectivity index (χ4n) is 1.82. The third-order valence-corrected chi connectivity index (χ3v) is 4.62. The van der Waals surface area contributed by atoms with Crippen LogP contribution in [0.5, 0.6) is 0 Å². The summed E-state index contributed by atoms with van der Waals surface area (Å²) in [7, 11) is 0. The number of amides is 1. The van der Waals surface area contributed by atoms with Crippen molar-refractivity contribution in [3.05, 3.63) is 58.9 Å². The Balaban J connectivity index is 2.00. The molecule has 0 saturated carbocycles. The maximum Gasteiger partial charge on any atom is 0.437 e. The molecule has 2 aromatic rings. The molecule has 1 heterocycles. The monoisotopic (exact) mass is 393 g/mol. The number of nitrogens with one attached hydrogen (secondary N) is 1. The fraction of sp³-hybridized carbons (Fsp3) is 0.278. The molecule has 0 unspecified atom stereocenters. The molecule has 0 fully saturated rings. The van der Waals surface area contributed by atoms with Crippen LogP contribution in [0.3, 0.4) is 0 Å². The summed E-state index contributed by atoms with van der Waals surface area (Å²) < 4.78 is 0.791. The van der Waals surface area contributed by atoms with Crippen LogP contribution in [0.15, 0.2) is 58.8 Å². The van der Waals surface area contributed by atoms with Crippen molar-refractivity contribution in [1.82, 2.24) is 0 Å². The van der Waals surface area contributed by atoms with Gasteiger partial charge >= 0.3 is 6.09 Å². The van der Waals surface area contributed by atoms with Gasteiger partial charge in [-0.15, -0.1) is 0 Å². The van der Waals surface area contributed by atoms with Crippen molar-refractivity contribution in [2.75, 3.05) is 11.1 Å². The average molecular weight is 394 g/mol. The van der Waals surface area contributed by atoms with Crippen LogP contribution in [0.25, 0.3) is 0 Å². The van der Waals surface area contributed by atoms with Gasteiger partial charge in [0.1, 0.15) is 0 Å². The minimum Gasteiger partial charge on any atom is -0.618 e. The number of benzene rings is 1. The number of thioether (sulfide) groups is 1. The van der Waals surface area contributed by atoms with Crippen LogP contribution in [0.1, 0.15) is 20.8 Å². The van der Waals surface area contributed by atoms with E-state index in [1.54, 1.807) is 42.5 Å². The van der Waals surface area contributed by atoms with E-state index < -0.39 is 6.09 Å². The van der Waals surface area contributed by atoms with Crippen molar-refractivity contribution < 1.29 is 14.4 Å². The number of hydrogen-bond acceptors (Lipinski definition) is 5. The van der Waals surface area contributed by atoms with Crippen LogP contribution in [0, 0.1) is 10.6 Å². The summed E-state index contributed by atoms with van der Waals surface area (Å²) in [6.07, 6.45) is 0.740. The van der Waals surface area contributed by atoms with E-state index >= 15 is 0 Å². The van der Waals surface area contributed by atoms with Gasteiger partial charge < -0.3 is 5.21 Å². The number of rotatable bonds is 5. The van der Waals surface area contributed by atoms with Crippen LogP contribution in [-0.2, 0) is 4.84 Å². The first-order valence-corrected chi connectivity index (χ1v) is 9.24. The van der Waals surface area contributed by atoms with Crippen molar-refractivity contribution in [3.8, 4) is 0 Å². The molecule has 0 aliphatic carbocycles. The van der Waals surface area contributed by atoms with Crippen LogP contribution < -0.4 is 10.0 Å². The number of oxime groups is 1. The number of carbonyl (C=O) groups excluding carboxylic acids is 1. The first kappa shape index (κ1) is 20.1. The second kappa shape index (κ2) is 8.91. The maximum atomic E-state index is 11.9. The van der Waals surface area contributed by atoms with Gasteiger partial charge in [0, 0.05) is 34.0 Å². The summed E-state index contributed by atoms with van der Waals surface area (Å²) in [5.74, 6) is 0.421. The minimum atomic E-state index is -0.697. The summed E-state index contributed by atoms with van der Waals surface area (Å²) in [4.78, 5) is 16.9. The summed E-state index contributed by atoms with van der Waals surface area (Å²) in [5.41, 5.74) is 0.881. The van der Waals surface area contributed by atoms with Gasteiger partial charge in [0.15, 0.2) is 6.20 Å². The molecule has 8 heteroatoms. The number of hydrogen-bond donors (Lipinski definition) is 1. The largest absolute Gasteiger partial charge is 0.618 e. The summed E-state index contributed by atoms with van der Waals surface area (Å²) in [6, 6.07) is 11.8. The minimum absolute atomic E-state index is 0.323. The zero-order valence-corrected chi connectivity index (χ0v) is 16.3. The number of carbonyl (C=O) groups is 1. The quantitative estimate of drug-likeness (QED) is 0.199. The number of aromatic nitrogens is 1. The number of nitrogens with zero attached hydrogens (tertiary/aromatic N) is 2. The lowest BCUT2D eigenvalue weighted by molar-refractivity contribution is -0.645. The van der Waals surface area contributed by atoms with Gasteiger partial charge in [0.25, 0.3) is 5.03 Å². The third kappa shape index (κ3) is 6.24. The molecule has 1 aromatic carbocycles. The van der Waals surface area contributed by atoms with Gasteiger partial charge in [-0.3, -0.25) is 10.2 Å². The van der Waals surface area contributed by atoms with E-state index in [9.17, 15) is 10.0 Å². The zero-order valence-electron chi connectivity index (χ0n) is 14.7. The fourth-order valence-corrected chi connectivity index (χ4v) is 3.08. The molecule has 6 nitrogen and oxygen atoms in total. The van der Waals surface area contributed by atoms with E-state index in [0.29, 0.717) is 27.2 Å². The van der Waals surface area contributed by atoms with Gasteiger partial charge in [-0.2, -0.15) is 4.73 Å². The summed E-state index contributed by atoms with van der Waals surface area (Å²) in [5, 5.41) is 19.4. The molecule has 1 amide bonds. The molecule has 0 aliphatic heterocycles. The molecule has 0 radical (unpaired) electrons.